The van der Waals surface area contributed by atoms with Crippen LogP contribution in [0.1, 0.15) is 36.0 Å². The first kappa shape index (κ1) is 13.2. The first-order valence-electron chi connectivity index (χ1n) is 6.25. The van der Waals surface area contributed by atoms with Crippen molar-refractivity contribution in [2.75, 3.05) is 25.0 Å². The first-order valence-corrected chi connectivity index (χ1v) is 7.07. The number of nitrogens with zero attached hydrogens (tertiary/aromatic N) is 3. The molecule has 0 atom stereocenters. The van der Waals surface area contributed by atoms with Crippen molar-refractivity contribution in [2.45, 2.75) is 32.2 Å². The van der Waals surface area contributed by atoms with Gasteiger partial charge in [0.25, 0.3) is 5.91 Å². The fourth-order valence-corrected chi connectivity index (χ4v) is 2.40. The van der Waals surface area contributed by atoms with Gasteiger partial charge in [-0.1, -0.05) is 18.3 Å². The fourth-order valence-electron chi connectivity index (χ4n) is 1.68. The number of hydrogen-bond donors (Lipinski definition) is 2. The Bertz CT molecular complexity index is 406. The second-order valence-electron chi connectivity index (χ2n) is 4.29. The standard InChI is InChI=1S/C11H18N4O2S/c1-2-5-12-11-14-13-9(18-11)10(17)15(6-7-16)8-3-4-8/h8,16H,2-7H2,1H3,(H,12,14). The summed E-state index contributed by atoms with van der Waals surface area (Å²) in [6.45, 7) is 3.25. The number of nitrogens with one attached hydrogen (secondary N) is 1. The smallest absolute Gasteiger partial charge is 0.285 e. The molecule has 6 nitrogen and oxygen atoms in total. The molecule has 1 aliphatic carbocycles. The quantitative estimate of drug-likeness (QED) is 0.771. The Morgan fingerprint density at radius 1 is 1.56 bits per heavy atom. The van der Waals surface area contributed by atoms with Gasteiger partial charge >= 0.3 is 0 Å². The Balaban J connectivity index is 2.00. The van der Waals surface area contributed by atoms with Gasteiger partial charge in [0.15, 0.2) is 0 Å². The molecule has 1 heterocycles. The summed E-state index contributed by atoms with van der Waals surface area (Å²) in [5.74, 6) is -0.117. The Hall–Kier alpha value is -1.21. The van der Waals surface area contributed by atoms with Gasteiger partial charge < -0.3 is 15.3 Å². The van der Waals surface area contributed by atoms with Gasteiger partial charge in [0.2, 0.25) is 10.1 Å². The summed E-state index contributed by atoms with van der Waals surface area (Å²) >= 11 is 1.27. The van der Waals surface area contributed by atoms with Crippen molar-refractivity contribution in [1.82, 2.24) is 15.1 Å². The number of amides is 1. The van der Waals surface area contributed by atoms with Crippen molar-refractivity contribution < 1.29 is 9.90 Å². The average molecular weight is 270 g/mol. The van der Waals surface area contributed by atoms with E-state index in [1.54, 1.807) is 4.90 Å². The van der Waals surface area contributed by atoms with Crippen LogP contribution in [0, 0.1) is 0 Å². The van der Waals surface area contributed by atoms with Gasteiger partial charge in [-0.25, -0.2) is 0 Å². The zero-order valence-corrected chi connectivity index (χ0v) is 11.2. The molecule has 1 aromatic heterocycles. The molecule has 1 saturated carbocycles. The number of aromatic nitrogens is 2. The monoisotopic (exact) mass is 270 g/mol. The van der Waals surface area contributed by atoms with E-state index in [1.165, 1.54) is 11.3 Å². The molecule has 0 aromatic carbocycles. The van der Waals surface area contributed by atoms with Crippen molar-refractivity contribution in [3.63, 3.8) is 0 Å². The van der Waals surface area contributed by atoms with Crippen LogP contribution in [-0.2, 0) is 0 Å². The van der Waals surface area contributed by atoms with Gasteiger partial charge in [0.1, 0.15) is 0 Å². The van der Waals surface area contributed by atoms with Crippen molar-refractivity contribution in [3.8, 4) is 0 Å². The highest BCUT2D eigenvalue weighted by molar-refractivity contribution is 7.17. The molecular formula is C11H18N4O2S. The van der Waals surface area contributed by atoms with Crippen molar-refractivity contribution in [3.05, 3.63) is 5.01 Å². The third-order valence-electron chi connectivity index (χ3n) is 2.72. The first-order chi connectivity index (χ1) is 8.76. The summed E-state index contributed by atoms with van der Waals surface area (Å²) in [5, 5.41) is 21.0. The highest BCUT2D eigenvalue weighted by Crippen LogP contribution is 2.29. The minimum absolute atomic E-state index is 0.0119. The number of aliphatic hydroxyl groups excluding tert-OH is 1. The molecule has 0 saturated heterocycles. The number of aliphatic hydroxyl groups is 1. The lowest BCUT2D eigenvalue weighted by molar-refractivity contribution is 0.0706. The number of anilines is 1. The normalized spacial score (nSPS) is 14.6. The lowest BCUT2D eigenvalue weighted by Gasteiger charge is -2.19. The lowest BCUT2D eigenvalue weighted by Crippen LogP contribution is -2.35. The van der Waals surface area contributed by atoms with Crippen molar-refractivity contribution in [2.24, 2.45) is 0 Å². The van der Waals surface area contributed by atoms with E-state index in [1.807, 2.05) is 0 Å². The Labute approximate surface area is 110 Å². The molecular weight excluding hydrogens is 252 g/mol. The van der Waals surface area contributed by atoms with Gasteiger partial charge in [-0.05, 0) is 19.3 Å². The maximum absolute atomic E-state index is 12.2. The maximum atomic E-state index is 12.2. The summed E-state index contributed by atoms with van der Waals surface area (Å²) in [5.41, 5.74) is 0. The van der Waals surface area contributed by atoms with Crippen molar-refractivity contribution in [1.29, 1.82) is 0 Å². The number of carbonyl (C=O) groups excluding carboxylic acids is 1. The van der Waals surface area contributed by atoms with Crippen LogP contribution in [0.4, 0.5) is 5.13 Å². The van der Waals surface area contributed by atoms with Crippen LogP contribution in [0.2, 0.25) is 0 Å². The Kier molecular flexibility index (Phi) is 4.48. The van der Waals surface area contributed by atoms with Crippen LogP contribution in [0.25, 0.3) is 0 Å². The number of hydrogen-bond acceptors (Lipinski definition) is 6. The van der Waals surface area contributed by atoms with E-state index in [2.05, 4.69) is 22.4 Å². The van der Waals surface area contributed by atoms with Crippen LogP contribution >= 0.6 is 11.3 Å². The molecule has 0 unspecified atom stereocenters. The van der Waals surface area contributed by atoms with Crippen LogP contribution < -0.4 is 5.32 Å². The molecule has 0 radical (unpaired) electrons. The largest absolute Gasteiger partial charge is 0.395 e. The Morgan fingerprint density at radius 3 is 2.94 bits per heavy atom. The average Bonchev–Trinajstić information content (AvgIpc) is 3.11. The topological polar surface area (TPSA) is 78.4 Å². The molecule has 1 aliphatic rings. The SMILES string of the molecule is CCCNc1nnc(C(=O)N(CCO)C2CC2)s1. The van der Waals surface area contributed by atoms with Crippen LogP contribution in [0.3, 0.4) is 0 Å². The highest BCUT2D eigenvalue weighted by Gasteiger charge is 2.34. The van der Waals surface area contributed by atoms with E-state index in [4.69, 9.17) is 5.11 Å². The van der Waals surface area contributed by atoms with E-state index < -0.39 is 0 Å². The molecule has 18 heavy (non-hydrogen) atoms. The molecule has 1 aromatic rings. The van der Waals surface area contributed by atoms with Gasteiger partial charge in [-0.2, -0.15) is 0 Å². The Morgan fingerprint density at radius 2 is 2.33 bits per heavy atom. The predicted molar refractivity (Wildman–Crippen MR) is 69.8 cm³/mol. The van der Waals surface area contributed by atoms with E-state index in [9.17, 15) is 4.79 Å². The molecule has 2 rings (SSSR count). The van der Waals surface area contributed by atoms with Gasteiger partial charge in [0, 0.05) is 19.1 Å². The number of carbonyl (C=O) groups is 1. The van der Waals surface area contributed by atoms with Gasteiger partial charge in [-0.15, -0.1) is 10.2 Å². The summed E-state index contributed by atoms with van der Waals surface area (Å²) < 4.78 is 0. The summed E-state index contributed by atoms with van der Waals surface area (Å²) in [7, 11) is 0. The lowest BCUT2D eigenvalue weighted by atomic mass is 10.4. The second-order valence-corrected chi connectivity index (χ2v) is 5.27. The second kappa shape index (κ2) is 6.10. The minimum Gasteiger partial charge on any atom is -0.395 e. The summed E-state index contributed by atoms with van der Waals surface area (Å²) in [4.78, 5) is 13.9. The van der Waals surface area contributed by atoms with E-state index in [-0.39, 0.29) is 18.6 Å². The summed E-state index contributed by atoms with van der Waals surface area (Å²) in [6, 6.07) is 0.278. The zero-order chi connectivity index (χ0) is 13.0. The predicted octanol–water partition coefficient (Wildman–Crippen LogP) is 0.957. The molecule has 0 spiro atoms. The molecule has 1 amide bonds. The van der Waals surface area contributed by atoms with E-state index in [0.717, 1.165) is 25.8 Å². The zero-order valence-electron chi connectivity index (χ0n) is 10.4. The van der Waals surface area contributed by atoms with E-state index in [0.29, 0.717) is 16.7 Å². The number of rotatable bonds is 7. The molecule has 2 N–H and O–H groups in total. The molecule has 100 valence electrons. The summed E-state index contributed by atoms with van der Waals surface area (Å²) in [6.07, 6.45) is 3.04. The minimum atomic E-state index is -0.117. The molecule has 1 fully saturated rings. The van der Waals surface area contributed by atoms with Gasteiger partial charge in [-0.3, -0.25) is 4.79 Å². The molecule has 7 heteroatoms. The van der Waals surface area contributed by atoms with E-state index >= 15 is 0 Å². The maximum Gasteiger partial charge on any atom is 0.285 e. The highest BCUT2D eigenvalue weighted by atomic mass is 32.1. The van der Waals surface area contributed by atoms with Crippen LogP contribution in [0.5, 0.6) is 0 Å². The van der Waals surface area contributed by atoms with Crippen LogP contribution in [-0.4, -0.2) is 51.8 Å². The van der Waals surface area contributed by atoms with Crippen LogP contribution in [0.15, 0.2) is 0 Å². The van der Waals surface area contributed by atoms with Gasteiger partial charge in [0.05, 0.1) is 6.61 Å². The third kappa shape index (κ3) is 3.17. The van der Waals surface area contributed by atoms with Crippen molar-refractivity contribution >= 4 is 22.4 Å². The molecule has 0 aliphatic heterocycles. The molecule has 0 bridgehead atoms. The fraction of sp³-hybridized carbons (Fsp3) is 0.727. The third-order valence-corrected chi connectivity index (χ3v) is 3.59.